The molecule has 2 rings (SSSR count). The molecule has 29 heavy (non-hydrogen) atoms. The summed E-state index contributed by atoms with van der Waals surface area (Å²) in [5.74, 6) is 1.61. The summed E-state index contributed by atoms with van der Waals surface area (Å²) in [6, 6.07) is 16.4. The van der Waals surface area contributed by atoms with E-state index in [1.807, 2.05) is 31.2 Å². The van der Waals surface area contributed by atoms with Gasteiger partial charge in [0, 0.05) is 6.54 Å². The lowest BCUT2D eigenvalue weighted by molar-refractivity contribution is 0.269. The van der Waals surface area contributed by atoms with E-state index in [2.05, 4.69) is 48.3 Å². The summed E-state index contributed by atoms with van der Waals surface area (Å²) in [5, 5.41) is 3.53. The molecule has 0 aliphatic rings. The van der Waals surface area contributed by atoms with Gasteiger partial charge in [-0.1, -0.05) is 50.2 Å². The van der Waals surface area contributed by atoms with Gasteiger partial charge in [-0.25, -0.2) is 0 Å². The van der Waals surface area contributed by atoms with Crippen molar-refractivity contribution in [3.63, 3.8) is 0 Å². The van der Waals surface area contributed by atoms with Gasteiger partial charge in [0.2, 0.25) is 0 Å². The Balaban J connectivity index is 0.00000392. The highest BCUT2D eigenvalue weighted by atomic mass is 35.5. The average molecular weight is 443 g/mol. The van der Waals surface area contributed by atoms with Crippen LogP contribution in [0.3, 0.4) is 0 Å². The Morgan fingerprint density at radius 3 is 2.21 bits per heavy atom. The van der Waals surface area contributed by atoms with Crippen LogP contribution >= 0.6 is 24.8 Å². The van der Waals surface area contributed by atoms with Crippen LogP contribution in [-0.4, -0.2) is 37.7 Å². The summed E-state index contributed by atoms with van der Waals surface area (Å²) < 4.78 is 11.8. The van der Waals surface area contributed by atoms with E-state index >= 15 is 0 Å². The Morgan fingerprint density at radius 2 is 1.55 bits per heavy atom. The zero-order valence-electron chi connectivity index (χ0n) is 17.9. The van der Waals surface area contributed by atoms with E-state index in [1.54, 1.807) is 0 Å². The number of benzene rings is 2. The first kappa shape index (κ1) is 27.5. The second-order valence-electron chi connectivity index (χ2n) is 6.55. The monoisotopic (exact) mass is 442 g/mol. The fraction of sp³-hybridized carbons (Fsp3) is 0.478. The Kier molecular flexibility index (Phi) is 15.5. The quantitative estimate of drug-likeness (QED) is 0.425. The fourth-order valence-electron chi connectivity index (χ4n) is 2.99. The molecule has 2 aromatic rings. The highest BCUT2D eigenvalue weighted by molar-refractivity contribution is 5.85. The zero-order chi connectivity index (χ0) is 19.3. The van der Waals surface area contributed by atoms with Gasteiger partial charge in [-0.05, 0) is 62.8 Å². The molecule has 0 aliphatic carbocycles. The molecule has 0 saturated carbocycles. The number of rotatable bonds is 13. The van der Waals surface area contributed by atoms with Crippen molar-refractivity contribution < 1.29 is 9.47 Å². The van der Waals surface area contributed by atoms with Gasteiger partial charge in [0.05, 0.1) is 6.61 Å². The number of hydrogen-bond donors (Lipinski definition) is 1. The van der Waals surface area contributed by atoms with Crippen LogP contribution < -0.4 is 14.8 Å². The van der Waals surface area contributed by atoms with Crippen LogP contribution in [0.2, 0.25) is 0 Å². The predicted octanol–water partition coefficient (Wildman–Crippen LogP) is 5.33. The number of nitrogens with zero attached hydrogens (tertiary/aromatic N) is 1. The van der Waals surface area contributed by atoms with Crippen molar-refractivity contribution in [3.05, 3.63) is 59.7 Å². The standard InChI is InChI=1S/C23H34N2O2.2ClH/c1-4-25(5-2)16-10-15-24-18-21-13-14-22(23(17-21)26-6-3)27-19-20-11-8-7-9-12-20;;/h7-9,11-14,17,24H,4-6,10,15-16,18-19H2,1-3H3;2*1H. The third kappa shape index (κ3) is 10.2. The van der Waals surface area contributed by atoms with Crippen molar-refractivity contribution in [3.8, 4) is 11.5 Å². The lowest BCUT2D eigenvalue weighted by atomic mass is 10.2. The normalized spacial score (nSPS) is 10.2. The number of ether oxygens (including phenoxy) is 2. The SMILES string of the molecule is CCOc1cc(CNCCCN(CC)CC)ccc1OCc1ccccc1.Cl.Cl. The highest BCUT2D eigenvalue weighted by Crippen LogP contribution is 2.29. The summed E-state index contributed by atoms with van der Waals surface area (Å²) in [7, 11) is 0. The Morgan fingerprint density at radius 1 is 0.828 bits per heavy atom. The van der Waals surface area contributed by atoms with Crippen molar-refractivity contribution in [2.24, 2.45) is 0 Å². The molecule has 0 amide bonds. The van der Waals surface area contributed by atoms with Crippen LogP contribution in [0.5, 0.6) is 11.5 Å². The molecule has 0 unspecified atom stereocenters. The maximum Gasteiger partial charge on any atom is 0.161 e. The number of hydrogen-bond acceptors (Lipinski definition) is 4. The van der Waals surface area contributed by atoms with E-state index in [0.717, 1.165) is 56.2 Å². The molecule has 0 fully saturated rings. The highest BCUT2D eigenvalue weighted by Gasteiger charge is 2.07. The molecule has 0 spiro atoms. The molecule has 0 bridgehead atoms. The molecule has 2 aromatic carbocycles. The van der Waals surface area contributed by atoms with E-state index in [4.69, 9.17) is 9.47 Å². The molecule has 0 heterocycles. The molecule has 0 aliphatic heterocycles. The molecule has 6 heteroatoms. The Hall–Kier alpha value is -1.46. The minimum absolute atomic E-state index is 0. The van der Waals surface area contributed by atoms with E-state index in [0.29, 0.717) is 13.2 Å². The van der Waals surface area contributed by atoms with E-state index in [9.17, 15) is 0 Å². The molecule has 0 radical (unpaired) electrons. The van der Waals surface area contributed by atoms with Gasteiger partial charge in [-0.2, -0.15) is 0 Å². The zero-order valence-corrected chi connectivity index (χ0v) is 19.5. The van der Waals surface area contributed by atoms with Crippen molar-refractivity contribution in [1.29, 1.82) is 0 Å². The van der Waals surface area contributed by atoms with Crippen LogP contribution in [0.1, 0.15) is 38.3 Å². The Bertz CT molecular complexity index is 653. The second-order valence-corrected chi connectivity index (χ2v) is 6.55. The first-order chi connectivity index (χ1) is 13.3. The van der Waals surface area contributed by atoms with Gasteiger partial charge in [0.25, 0.3) is 0 Å². The Labute approximate surface area is 188 Å². The van der Waals surface area contributed by atoms with Crippen LogP contribution in [0.25, 0.3) is 0 Å². The van der Waals surface area contributed by atoms with E-state index in [-0.39, 0.29) is 24.8 Å². The second kappa shape index (κ2) is 16.3. The van der Waals surface area contributed by atoms with Gasteiger partial charge in [-0.3, -0.25) is 0 Å². The largest absolute Gasteiger partial charge is 0.490 e. The summed E-state index contributed by atoms with van der Waals surface area (Å²) >= 11 is 0. The molecule has 4 nitrogen and oxygen atoms in total. The average Bonchev–Trinajstić information content (AvgIpc) is 2.71. The lowest BCUT2D eigenvalue weighted by Crippen LogP contribution is -2.27. The van der Waals surface area contributed by atoms with Crippen LogP contribution in [0.15, 0.2) is 48.5 Å². The summed E-state index contributed by atoms with van der Waals surface area (Å²) in [4.78, 5) is 2.45. The smallest absolute Gasteiger partial charge is 0.161 e. The number of halogens is 2. The van der Waals surface area contributed by atoms with Gasteiger partial charge in [-0.15, -0.1) is 24.8 Å². The molecular weight excluding hydrogens is 407 g/mol. The first-order valence-electron chi connectivity index (χ1n) is 10.1. The van der Waals surface area contributed by atoms with Crippen LogP contribution in [0, 0.1) is 0 Å². The fourth-order valence-corrected chi connectivity index (χ4v) is 2.99. The van der Waals surface area contributed by atoms with Crippen molar-refractivity contribution in [2.45, 2.75) is 40.3 Å². The molecule has 0 atom stereocenters. The molecule has 164 valence electrons. The van der Waals surface area contributed by atoms with E-state index < -0.39 is 0 Å². The van der Waals surface area contributed by atoms with Gasteiger partial charge >= 0.3 is 0 Å². The topological polar surface area (TPSA) is 33.7 Å². The van der Waals surface area contributed by atoms with Crippen LogP contribution in [-0.2, 0) is 13.2 Å². The summed E-state index contributed by atoms with van der Waals surface area (Å²) in [5.41, 5.74) is 2.37. The lowest BCUT2D eigenvalue weighted by Gasteiger charge is -2.18. The van der Waals surface area contributed by atoms with Gasteiger partial charge in [0.1, 0.15) is 6.61 Å². The predicted molar refractivity (Wildman–Crippen MR) is 127 cm³/mol. The van der Waals surface area contributed by atoms with Crippen LogP contribution in [0.4, 0.5) is 0 Å². The molecule has 0 aromatic heterocycles. The minimum atomic E-state index is 0. The number of nitrogens with one attached hydrogen (secondary N) is 1. The molecule has 1 N–H and O–H groups in total. The van der Waals surface area contributed by atoms with Crippen molar-refractivity contribution in [1.82, 2.24) is 10.2 Å². The van der Waals surface area contributed by atoms with E-state index in [1.165, 1.54) is 5.56 Å². The third-order valence-corrected chi connectivity index (χ3v) is 4.60. The summed E-state index contributed by atoms with van der Waals surface area (Å²) in [6.07, 6.45) is 1.16. The van der Waals surface area contributed by atoms with Crippen molar-refractivity contribution >= 4 is 24.8 Å². The maximum absolute atomic E-state index is 5.97. The maximum atomic E-state index is 5.97. The molecule has 0 saturated heterocycles. The molecular formula is C23H36Cl2N2O2. The van der Waals surface area contributed by atoms with Gasteiger partial charge < -0.3 is 19.7 Å². The third-order valence-electron chi connectivity index (χ3n) is 4.60. The first-order valence-corrected chi connectivity index (χ1v) is 10.1. The van der Waals surface area contributed by atoms with Crippen molar-refractivity contribution in [2.75, 3.05) is 32.8 Å². The van der Waals surface area contributed by atoms with Gasteiger partial charge in [0.15, 0.2) is 11.5 Å². The summed E-state index contributed by atoms with van der Waals surface area (Å²) in [6.45, 7) is 12.9. The minimum Gasteiger partial charge on any atom is -0.490 e.